The number of nitrogens with zero attached hydrogens (tertiary/aromatic N) is 4. The quantitative estimate of drug-likeness (QED) is 0.291. The molecule has 3 fully saturated rings. The lowest BCUT2D eigenvalue weighted by molar-refractivity contribution is -0.140. The minimum Gasteiger partial charge on any atom is -0.472 e. The monoisotopic (exact) mass is 719 g/mol. The van der Waals surface area contributed by atoms with Crippen molar-refractivity contribution in [3.63, 3.8) is 0 Å². The Balaban J connectivity index is 1.23. The van der Waals surface area contributed by atoms with Gasteiger partial charge in [0.15, 0.2) is 0 Å². The Kier molecular flexibility index (Phi) is 9.27. The molecule has 272 valence electrons. The van der Waals surface area contributed by atoms with E-state index in [4.69, 9.17) is 14.1 Å². The van der Waals surface area contributed by atoms with E-state index in [1.54, 1.807) is 0 Å². The molecule has 6 bridgehead atoms. The maximum atomic E-state index is 14.4. The Morgan fingerprint density at radius 2 is 1.96 bits per heavy atom. The van der Waals surface area contributed by atoms with Gasteiger partial charge in [-0.05, 0) is 73.4 Å². The van der Waals surface area contributed by atoms with E-state index in [0.29, 0.717) is 31.0 Å². The highest BCUT2D eigenvalue weighted by Crippen LogP contribution is 2.45. The number of benzene rings is 1. The van der Waals surface area contributed by atoms with Gasteiger partial charge in [0, 0.05) is 30.3 Å². The Labute approximate surface area is 297 Å². The van der Waals surface area contributed by atoms with Crippen molar-refractivity contribution in [3.8, 4) is 5.88 Å². The number of fused-ring (bicyclic) bond motifs is 5. The van der Waals surface area contributed by atoms with Crippen LogP contribution in [0.25, 0.3) is 10.8 Å². The first-order valence-electron chi connectivity index (χ1n) is 17.9. The molecule has 1 aromatic carbocycles. The van der Waals surface area contributed by atoms with Crippen LogP contribution < -0.4 is 20.1 Å². The van der Waals surface area contributed by atoms with Gasteiger partial charge in [0.2, 0.25) is 33.6 Å². The fourth-order valence-corrected chi connectivity index (χ4v) is 8.61. The average molecular weight is 720 g/mol. The van der Waals surface area contributed by atoms with Gasteiger partial charge >= 0.3 is 6.01 Å². The van der Waals surface area contributed by atoms with Crippen LogP contribution in [-0.2, 0) is 43.7 Å². The van der Waals surface area contributed by atoms with Crippen LogP contribution >= 0.6 is 0 Å². The van der Waals surface area contributed by atoms with E-state index in [1.165, 1.54) is 11.0 Å². The first-order chi connectivity index (χ1) is 24.4. The number of hydrogen-bond donors (Lipinski definition) is 3. The fourth-order valence-electron chi connectivity index (χ4n) is 7.25. The van der Waals surface area contributed by atoms with Crippen LogP contribution in [0.5, 0.6) is 5.88 Å². The lowest BCUT2D eigenvalue weighted by atomic mass is 10.00. The van der Waals surface area contributed by atoms with Gasteiger partial charge in [-0.3, -0.25) is 19.1 Å². The Morgan fingerprint density at radius 1 is 1.18 bits per heavy atom. The maximum Gasteiger partial charge on any atom is 0.316 e. The SMILES string of the molecule is C=CC1C[C@]1(NC(=O)[C@@H]1C[C@@H]2CN1C(=O)[C@H](C(C)C)Nc1nnc(o1)CCCCc1ccc3c(CC)cnc(c3c1)O2)C(=O)NS(=O)(=O)C1CC1. The Morgan fingerprint density at radius 3 is 2.67 bits per heavy atom. The highest BCUT2D eigenvalue weighted by molar-refractivity contribution is 7.91. The van der Waals surface area contributed by atoms with Crippen molar-refractivity contribution in [1.82, 2.24) is 30.1 Å². The number of aryl methyl sites for hydroxylation is 3. The topological polar surface area (TPSA) is 186 Å². The molecule has 2 saturated carbocycles. The molecule has 51 heavy (non-hydrogen) atoms. The van der Waals surface area contributed by atoms with Gasteiger partial charge in [0.1, 0.15) is 23.7 Å². The van der Waals surface area contributed by atoms with Crippen molar-refractivity contribution in [1.29, 1.82) is 0 Å². The van der Waals surface area contributed by atoms with Crippen molar-refractivity contribution in [2.24, 2.45) is 11.8 Å². The molecule has 4 aliphatic rings. The number of aromatic nitrogens is 3. The highest BCUT2D eigenvalue weighted by Gasteiger charge is 2.62. The molecular weight excluding hydrogens is 675 g/mol. The third-order valence-corrected chi connectivity index (χ3v) is 12.4. The molecule has 3 aromatic rings. The largest absolute Gasteiger partial charge is 0.472 e. The fraction of sp³-hybridized carbons (Fsp3) is 0.556. The van der Waals surface area contributed by atoms with Crippen molar-refractivity contribution >= 4 is 44.5 Å². The zero-order chi connectivity index (χ0) is 36.1. The third kappa shape index (κ3) is 6.91. The molecule has 3 amide bonds. The molecule has 5 atom stereocenters. The standard InChI is InChI=1S/C36H45N7O7S/c1-5-22-18-37-32-27-15-21(11-14-26(22)27)9-7-8-10-29-40-41-35(50-29)38-30(20(3)4)33(45)43-19-24(49-32)16-28(43)31(44)39-36(17-23(36)6-2)34(46)42-51(47,48)25-12-13-25/h6,11,14-15,18,20,23-25,28,30H,2,5,7-10,12-13,16-17,19H2,1,3-4H3,(H,38,41)(H,39,44)(H,42,46)/t23?,24-,28+,30+,36-/m1/s1. The molecule has 0 spiro atoms. The molecule has 4 heterocycles. The minimum atomic E-state index is -3.86. The van der Waals surface area contributed by atoms with Crippen molar-refractivity contribution in [2.75, 3.05) is 11.9 Å². The van der Waals surface area contributed by atoms with Crippen LogP contribution in [0.4, 0.5) is 6.01 Å². The summed E-state index contributed by atoms with van der Waals surface area (Å²) in [5.41, 5.74) is 0.712. The van der Waals surface area contributed by atoms with Gasteiger partial charge in [-0.1, -0.05) is 44.1 Å². The van der Waals surface area contributed by atoms with Crippen LogP contribution in [0.15, 0.2) is 41.5 Å². The summed E-state index contributed by atoms with van der Waals surface area (Å²) in [5.74, 6) is -1.61. The van der Waals surface area contributed by atoms with E-state index in [2.05, 4.69) is 57.3 Å². The molecule has 2 aliphatic heterocycles. The van der Waals surface area contributed by atoms with Crippen molar-refractivity contribution in [3.05, 3.63) is 54.1 Å². The predicted molar refractivity (Wildman–Crippen MR) is 188 cm³/mol. The van der Waals surface area contributed by atoms with Crippen LogP contribution in [-0.4, -0.2) is 81.7 Å². The lowest BCUT2D eigenvalue weighted by Gasteiger charge is -2.30. The number of carbonyl (C=O) groups is 3. The predicted octanol–water partition coefficient (Wildman–Crippen LogP) is 3.21. The van der Waals surface area contributed by atoms with Crippen LogP contribution in [0.3, 0.4) is 0 Å². The third-order valence-electron chi connectivity index (χ3n) is 10.5. The maximum absolute atomic E-state index is 14.4. The summed E-state index contributed by atoms with van der Waals surface area (Å²) in [4.78, 5) is 48.4. The minimum absolute atomic E-state index is 0.0649. The molecule has 3 N–H and O–H groups in total. The number of rotatable bonds is 8. The summed E-state index contributed by atoms with van der Waals surface area (Å²) in [5, 5.41) is 15.6. The summed E-state index contributed by atoms with van der Waals surface area (Å²) < 4.78 is 40.0. The summed E-state index contributed by atoms with van der Waals surface area (Å²) in [7, 11) is -3.86. The first kappa shape index (κ1) is 34.9. The number of sulfonamides is 1. The Hall–Kier alpha value is -4.53. The van der Waals surface area contributed by atoms with Crippen molar-refractivity contribution < 1.29 is 32.0 Å². The lowest BCUT2D eigenvalue weighted by Crippen LogP contribution is -2.58. The first-order valence-corrected chi connectivity index (χ1v) is 19.4. The summed E-state index contributed by atoms with van der Waals surface area (Å²) in [6.07, 6.45) is 7.91. The van der Waals surface area contributed by atoms with Crippen LogP contribution in [0.2, 0.25) is 0 Å². The smallest absolute Gasteiger partial charge is 0.316 e. The number of ether oxygens (including phenoxy) is 1. The number of amides is 3. The van der Waals surface area contributed by atoms with Gasteiger partial charge in [-0.2, -0.15) is 0 Å². The van der Waals surface area contributed by atoms with Crippen LogP contribution in [0.1, 0.15) is 76.3 Å². The van der Waals surface area contributed by atoms with Gasteiger partial charge < -0.3 is 24.7 Å². The normalized spacial score (nSPS) is 26.6. The zero-order valence-electron chi connectivity index (χ0n) is 29.2. The number of anilines is 1. The second-order valence-corrected chi connectivity index (χ2v) is 16.5. The number of hydrogen-bond acceptors (Lipinski definition) is 11. The average Bonchev–Trinajstić information content (AvgIpc) is 4.00. The van der Waals surface area contributed by atoms with Crippen molar-refractivity contribution in [2.45, 2.75) is 108 Å². The molecule has 14 nitrogen and oxygen atoms in total. The summed E-state index contributed by atoms with van der Waals surface area (Å²) in [6.45, 7) is 9.68. The molecule has 2 aliphatic carbocycles. The van der Waals surface area contributed by atoms with E-state index >= 15 is 0 Å². The van der Waals surface area contributed by atoms with E-state index in [-0.39, 0.29) is 37.2 Å². The number of nitrogens with one attached hydrogen (secondary N) is 3. The molecule has 1 unspecified atom stereocenters. The summed E-state index contributed by atoms with van der Waals surface area (Å²) >= 11 is 0. The van der Waals surface area contributed by atoms with E-state index in [9.17, 15) is 22.8 Å². The summed E-state index contributed by atoms with van der Waals surface area (Å²) in [6, 6.07) is 4.56. The van der Waals surface area contributed by atoms with Gasteiger partial charge in [-0.25, -0.2) is 13.4 Å². The molecular formula is C36H45N7O7S. The van der Waals surface area contributed by atoms with Gasteiger partial charge in [0.25, 0.3) is 5.91 Å². The van der Waals surface area contributed by atoms with E-state index in [0.717, 1.165) is 47.6 Å². The second-order valence-electron chi connectivity index (χ2n) is 14.6. The zero-order valence-corrected chi connectivity index (χ0v) is 30.0. The second kappa shape index (κ2) is 13.5. The van der Waals surface area contributed by atoms with Crippen LogP contribution in [0, 0.1) is 11.8 Å². The van der Waals surface area contributed by atoms with E-state index < -0.39 is 56.7 Å². The molecule has 15 heteroatoms. The van der Waals surface area contributed by atoms with Gasteiger partial charge in [-0.15, -0.1) is 11.7 Å². The van der Waals surface area contributed by atoms with Gasteiger partial charge in [0.05, 0.1) is 11.8 Å². The number of carbonyl (C=O) groups excluding carboxylic acids is 3. The van der Waals surface area contributed by atoms with E-state index in [1.807, 2.05) is 20.0 Å². The number of pyridine rings is 1. The molecule has 7 rings (SSSR count). The Bertz CT molecular complexity index is 1980. The molecule has 2 aromatic heterocycles. The highest BCUT2D eigenvalue weighted by atomic mass is 32.2. The molecule has 1 saturated heterocycles. The molecule has 0 radical (unpaired) electrons.